The molecule has 0 saturated carbocycles. The Hall–Kier alpha value is -0.390. The van der Waals surface area contributed by atoms with Gasteiger partial charge in [0.1, 0.15) is 0 Å². The molecule has 4 nitrogen and oxygen atoms in total. The molecular formula is C10H20N2O2S. The molecule has 88 valence electrons. The highest BCUT2D eigenvalue weighted by Crippen LogP contribution is 2.15. The number of methoxy groups -OCH3 is 1. The van der Waals surface area contributed by atoms with Gasteiger partial charge in [-0.1, -0.05) is 0 Å². The molecule has 2 atom stereocenters. The van der Waals surface area contributed by atoms with Crippen LogP contribution in [0.1, 0.15) is 19.8 Å². The van der Waals surface area contributed by atoms with E-state index in [2.05, 4.69) is 17.6 Å². The Bertz CT molecular complexity index is 196. The van der Waals surface area contributed by atoms with E-state index in [4.69, 9.17) is 21.7 Å². The number of ether oxygens (including phenoxy) is 2. The van der Waals surface area contributed by atoms with E-state index >= 15 is 0 Å². The smallest absolute Gasteiger partial charge is 0.166 e. The van der Waals surface area contributed by atoms with E-state index in [0.29, 0.717) is 17.8 Å². The summed E-state index contributed by atoms with van der Waals surface area (Å²) in [6, 6.07) is 0.273. The van der Waals surface area contributed by atoms with E-state index in [1.165, 1.54) is 0 Å². The predicted molar refractivity (Wildman–Crippen MR) is 64.0 cm³/mol. The summed E-state index contributed by atoms with van der Waals surface area (Å²) in [6.45, 7) is 4.37. The van der Waals surface area contributed by atoms with E-state index < -0.39 is 0 Å². The highest BCUT2D eigenvalue weighted by molar-refractivity contribution is 7.80. The van der Waals surface area contributed by atoms with Gasteiger partial charge in [0, 0.05) is 20.3 Å². The van der Waals surface area contributed by atoms with E-state index in [1.54, 1.807) is 7.11 Å². The van der Waals surface area contributed by atoms with Crippen LogP contribution in [-0.2, 0) is 9.47 Å². The third-order valence-electron chi connectivity index (χ3n) is 2.47. The Balaban J connectivity index is 2.13. The summed E-state index contributed by atoms with van der Waals surface area (Å²) >= 11 is 5.15. The van der Waals surface area contributed by atoms with Gasteiger partial charge in [-0.05, 0) is 32.0 Å². The standard InChI is InChI=1S/C10H20N2O2S/c1-8(9-4-3-6-14-9)12-10(15)11-5-7-13-2/h8-9H,3-7H2,1-2H3,(H2,11,12,15). The normalized spacial score (nSPS) is 22.4. The minimum Gasteiger partial charge on any atom is -0.383 e. The van der Waals surface area contributed by atoms with Crippen LogP contribution in [0.25, 0.3) is 0 Å². The van der Waals surface area contributed by atoms with Crippen LogP contribution >= 0.6 is 12.2 Å². The Morgan fingerprint density at radius 2 is 2.47 bits per heavy atom. The van der Waals surface area contributed by atoms with Crippen LogP contribution < -0.4 is 10.6 Å². The highest BCUT2D eigenvalue weighted by Gasteiger charge is 2.22. The molecule has 0 aliphatic carbocycles. The van der Waals surface area contributed by atoms with Gasteiger partial charge >= 0.3 is 0 Å². The number of nitrogens with one attached hydrogen (secondary N) is 2. The van der Waals surface area contributed by atoms with Crippen LogP contribution in [0.4, 0.5) is 0 Å². The molecule has 1 heterocycles. The summed E-state index contributed by atoms with van der Waals surface area (Å²) in [7, 11) is 1.67. The van der Waals surface area contributed by atoms with Crippen molar-refractivity contribution in [1.82, 2.24) is 10.6 Å². The first kappa shape index (κ1) is 12.7. The molecule has 5 heteroatoms. The molecule has 1 fully saturated rings. The third-order valence-corrected chi connectivity index (χ3v) is 2.74. The fourth-order valence-electron chi connectivity index (χ4n) is 1.61. The summed E-state index contributed by atoms with van der Waals surface area (Å²) in [5.74, 6) is 0. The van der Waals surface area contributed by atoms with Crippen molar-refractivity contribution in [2.45, 2.75) is 31.9 Å². The van der Waals surface area contributed by atoms with Crippen LogP contribution in [0, 0.1) is 0 Å². The van der Waals surface area contributed by atoms with Crippen molar-refractivity contribution in [3.05, 3.63) is 0 Å². The topological polar surface area (TPSA) is 42.5 Å². The SMILES string of the molecule is COCCNC(=S)NC(C)C1CCCO1. The average molecular weight is 232 g/mol. The maximum atomic E-state index is 5.57. The van der Waals surface area contributed by atoms with Gasteiger partial charge in [0.05, 0.1) is 18.8 Å². The fourth-order valence-corrected chi connectivity index (χ4v) is 1.90. The second-order valence-electron chi connectivity index (χ2n) is 3.73. The van der Waals surface area contributed by atoms with Crippen molar-refractivity contribution < 1.29 is 9.47 Å². The Morgan fingerprint density at radius 3 is 3.07 bits per heavy atom. The number of hydrogen-bond acceptors (Lipinski definition) is 3. The second kappa shape index (κ2) is 6.98. The minimum atomic E-state index is 0.273. The molecule has 1 aliphatic heterocycles. The van der Waals surface area contributed by atoms with Crippen molar-refractivity contribution in [1.29, 1.82) is 0 Å². The Morgan fingerprint density at radius 1 is 1.67 bits per heavy atom. The fraction of sp³-hybridized carbons (Fsp3) is 0.900. The second-order valence-corrected chi connectivity index (χ2v) is 4.14. The zero-order chi connectivity index (χ0) is 11.1. The van der Waals surface area contributed by atoms with Gasteiger partial charge in [-0.15, -0.1) is 0 Å². The summed E-state index contributed by atoms with van der Waals surface area (Å²) in [6.07, 6.45) is 2.57. The van der Waals surface area contributed by atoms with Crippen molar-refractivity contribution in [3.63, 3.8) is 0 Å². The zero-order valence-corrected chi connectivity index (χ0v) is 10.2. The molecule has 1 saturated heterocycles. The first-order valence-electron chi connectivity index (χ1n) is 5.39. The molecule has 0 aromatic carbocycles. The van der Waals surface area contributed by atoms with Crippen LogP contribution in [0.2, 0.25) is 0 Å². The lowest BCUT2D eigenvalue weighted by Gasteiger charge is -2.21. The first-order valence-corrected chi connectivity index (χ1v) is 5.79. The zero-order valence-electron chi connectivity index (χ0n) is 9.41. The van der Waals surface area contributed by atoms with E-state index in [0.717, 1.165) is 26.0 Å². The minimum absolute atomic E-state index is 0.273. The molecule has 15 heavy (non-hydrogen) atoms. The molecule has 0 amide bonds. The van der Waals surface area contributed by atoms with Gasteiger partial charge < -0.3 is 20.1 Å². The van der Waals surface area contributed by atoms with Crippen LogP contribution in [0.15, 0.2) is 0 Å². The van der Waals surface area contributed by atoms with Crippen molar-refractivity contribution in [3.8, 4) is 0 Å². The monoisotopic (exact) mass is 232 g/mol. The third kappa shape index (κ3) is 4.77. The van der Waals surface area contributed by atoms with E-state index in [-0.39, 0.29) is 6.04 Å². The number of hydrogen-bond donors (Lipinski definition) is 2. The van der Waals surface area contributed by atoms with E-state index in [1.807, 2.05) is 0 Å². The maximum Gasteiger partial charge on any atom is 0.166 e. The first-order chi connectivity index (χ1) is 7.24. The van der Waals surface area contributed by atoms with Gasteiger partial charge in [0.25, 0.3) is 0 Å². The molecule has 0 aromatic rings. The van der Waals surface area contributed by atoms with Crippen molar-refractivity contribution in [2.75, 3.05) is 26.9 Å². The number of thiocarbonyl (C=S) groups is 1. The maximum absolute atomic E-state index is 5.57. The molecule has 0 radical (unpaired) electrons. The highest BCUT2D eigenvalue weighted by atomic mass is 32.1. The quantitative estimate of drug-likeness (QED) is 0.538. The van der Waals surface area contributed by atoms with Gasteiger partial charge in [-0.3, -0.25) is 0 Å². The molecule has 1 rings (SSSR count). The largest absolute Gasteiger partial charge is 0.383 e. The van der Waals surface area contributed by atoms with Crippen LogP contribution in [0.5, 0.6) is 0 Å². The van der Waals surface area contributed by atoms with Crippen molar-refractivity contribution >= 4 is 17.3 Å². The molecule has 1 aliphatic rings. The van der Waals surface area contributed by atoms with E-state index in [9.17, 15) is 0 Å². The Labute approximate surface area is 96.7 Å². The summed E-state index contributed by atoms with van der Waals surface area (Å²) in [4.78, 5) is 0. The lowest BCUT2D eigenvalue weighted by atomic mass is 10.1. The molecule has 0 bridgehead atoms. The van der Waals surface area contributed by atoms with Gasteiger partial charge in [0.2, 0.25) is 0 Å². The molecule has 0 aromatic heterocycles. The predicted octanol–water partition coefficient (Wildman–Crippen LogP) is 0.664. The number of rotatable bonds is 5. The van der Waals surface area contributed by atoms with Crippen LogP contribution in [0.3, 0.4) is 0 Å². The summed E-state index contributed by atoms with van der Waals surface area (Å²) in [5, 5.41) is 6.97. The molecule has 0 spiro atoms. The van der Waals surface area contributed by atoms with Gasteiger partial charge in [-0.25, -0.2) is 0 Å². The van der Waals surface area contributed by atoms with Crippen molar-refractivity contribution in [2.24, 2.45) is 0 Å². The molecule has 2 unspecified atom stereocenters. The molecule has 2 N–H and O–H groups in total. The average Bonchev–Trinajstić information content (AvgIpc) is 2.70. The van der Waals surface area contributed by atoms with Gasteiger partial charge in [-0.2, -0.15) is 0 Å². The summed E-state index contributed by atoms with van der Waals surface area (Å²) in [5.41, 5.74) is 0. The lowest BCUT2D eigenvalue weighted by molar-refractivity contribution is 0.0892. The lowest BCUT2D eigenvalue weighted by Crippen LogP contribution is -2.46. The van der Waals surface area contributed by atoms with Crippen LogP contribution in [-0.4, -0.2) is 44.1 Å². The Kier molecular flexibility index (Phi) is 5.90. The molecular weight excluding hydrogens is 212 g/mol. The summed E-state index contributed by atoms with van der Waals surface area (Å²) < 4.78 is 10.5. The van der Waals surface area contributed by atoms with Gasteiger partial charge in [0.15, 0.2) is 5.11 Å².